The summed E-state index contributed by atoms with van der Waals surface area (Å²) in [6.07, 6.45) is 0. The van der Waals surface area contributed by atoms with Crippen molar-refractivity contribution in [3.05, 3.63) is 71.5 Å². The van der Waals surface area contributed by atoms with Gasteiger partial charge in [-0.3, -0.25) is 5.43 Å². The number of methoxy groups -OCH3 is 1. The van der Waals surface area contributed by atoms with E-state index in [1.165, 1.54) is 5.56 Å². The highest BCUT2D eigenvalue weighted by molar-refractivity contribution is 5.99. The zero-order valence-corrected chi connectivity index (χ0v) is 15.4. The van der Waals surface area contributed by atoms with Gasteiger partial charge in [0.05, 0.1) is 18.5 Å². The van der Waals surface area contributed by atoms with Crippen LogP contribution in [0.25, 0.3) is 11.3 Å². The van der Waals surface area contributed by atoms with E-state index in [0.717, 1.165) is 28.3 Å². The fourth-order valence-corrected chi connectivity index (χ4v) is 2.54. The molecule has 26 heavy (non-hydrogen) atoms. The van der Waals surface area contributed by atoms with Crippen molar-refractivity contribution >= 4 is 11.5 Å². The number of nitrogens with zero attached hydrogens (tertiary/aromatic N) is 3. The maximum absolute atomic E-state index is 5.20. The SMILES string of the molecule is COc1ccc(-c2cc(N/N=C(/C)c3ccc(C)cc3)nc(C)n2)cc1. The molecule has 5 heteroatoms. The largest absolute Gasteiger partial charge is 0.497 e. The number of hydrogen-bond donors (Lipinski definition) is 1. The zero-order valence-electron chi connectivity index (χ0n) is 15.4. The molecule has 0 radical (unpaired) electrons. The van der Waals surface area contributed by atoms with Gasteiger partial charge in [-0.1, -0.05) is 29.8 Å². The van der Waals surface area contributed by atoms with Crippen molar-refractivity contribution in [1.82, 2.24) is 9.97 Å². The van der Waals surface area contributed by atoms with Crippen molar-refractivity contribution in [3.63, 3.8) is 0 Å². The van der Waals surface area contributed by atoms with Crippen LogP contribution in [0.2, 0.25) is 0 Å². The highest BCUT2D eigenvalue weighted by Crippen LogP contribution is 2.22. The lowest BCUT2D eigenvalue weighted by atomic mass is 10.1. The molecule has 0 atom stereocenters. The van der Waals surface area contributed by atoms with E-state index in [4.69, 9.17) is 4.74 Å². The molecule has 1 aromatic heterocycles. The van der Waals surface area contributed by atoms with Gasteiger partial charge in [0.2, 0.25) is 0 Å². The monoisotopic (exact) mass is 346 g/mol. The second kappa shape index (κ2) is 7.78. The van der Waals surface area contributed by atoms with Gasteiger partial charge in [0.15, 0.2) is 0 Å². The molecule has 0 bridgehead atoms. The molecule has 0 aliphatic rings. The van der Waals surface area contributed by atoms with Crippen LogP contribution in [-0.2, 0) is 0 Å². The third-order valence-electron chi connectivity index (χ3n) is 4.03. The van der Waals surface area contributed by atoms with Crippen LogP contribution in [-0.4, -0.2) is 22.8 Å². The number of rotatable bonds is 5. The summed E-state index contributed by atoms with van der Waals surface area (Å²) in [5, 5.41) is 4.45. The van der Waals surface area contributed by atoms with Crippen molar-refractivity contribution in [1.29, 1.82) is 0 Å². The van der Waals surface area contributed by atoms with E-state index in [-0.39, 0.29) is 0 Å². The summed E-state index contributed by atoms with van der Waals surface area (Å²) in [6, 6.07) is 17.9. The normalized spacial score (nSPS) is 11.3. The number of hydrogen-bond acceptors (Lipinski definition) is 5. The van der Waals surface area contributed by atoms with E-state index >= 15 is 0 Å². The Kier molecular flexibility index (Phi) is 5.27. The van der Waals surface area contributed by atoms with Crippen molar-refractivity contribution < 1.29 is 4.74 Å². The quantitative estimate of drug-likeness (QED) is 0.541. The molecule has 0 fully saturated rings. The summed E-state index contributed by atoms with van der Waals surface area (Å²) >= 11 is 0. The van der Waals surface area contributed by atoms with Gasteiger partial charge >= 0.3 is 0 Å². The van der Waals surface area contributed by atoms with E-state index in [1.54, 1.807) is 7.11 Å². The molecule has 3 aromatic rings. The van der Waals surface area contributed by atoms with E-state index < -0.39 is 0 Å². The molecule has 1 heterocycles. The number of anilines is 1. The molecule has 0 saturated carbocycles. The van der Waals surface area contributed by atoms with Crippen LogP contribution in [0.5, 0.6) is 5.75 Å². The summed E-state index contributed by atoms with van der Waals surface area (Å²) in [4.78, 5) is 8.93. The molecule has 0 unspecified atom stereocenters. The van der Waals surface area contributed by atoms with Gasteiger partial charge in [0.25, 0.3) is 0 Å². The second-order valence-corrected chi connectivity index (χ2v) is 6.09. The molecule has 0 aliphatic heterocycles. The van der Waals surface area contributed by atoms with E-state index in [9.17, 15) is 0 Å². The molecular weight excluding hydrogens is 324 g/mol. The molecule has 0 amide bonds. The van der Waals surface area contributed by atoms with Crippen LogP contribution in [0.1, 0.15) is 23.9 Å². The third-order valence-corrected chi connectivity index (χ3v) is 4.03. The lowest BCUT2D eigenvalue weighted by Gasteiger charge is -2.08. The molecular formula is C21H22N4O. The van der Waals surface area contributed by atoms with Crippen LogP contribution in [0.3, 0.4) is 0 Å². The summed E-state index contributed by atoms with van der Waals surface area (Å²) in [5.74, 6) is 2.16. The molecule has 132 valence electrons. The Morgan fingerprint density at radius 1 is 0.962 bits per heavy atom. The number of nitrogens with one attached hydrogen (secondary N) is 1. The second-order valence-electron chi connectivity index (χ2n) is 6.09. The van der Waals surface area contributed by atoms with Gasteiger partial charge in [0.1, 0.15) is 17.4 Å². The highest BCUT2D eigenvalue weighted by Gasteiger charge is 2.05. The van der Waals surface area contributed by atoms with Gasteiger partial charge in [-0.2, -0.15) is 5.10 Å². The third kappa shape index (κ3) is 4.25. The average Bonchev–Trinajstić information content (AvgIpc) is 2.66. The lowest BCUT2D eigenvalue weighted by Crippen LogP contribution is -2.03. The molecule has 0 saturated heterocycles. The lowest BCUT2D eigenvalue weighted by molar-refractivity contribution is 0.415. The number of benzene rings is 2. The number of aromatic nitrogens is 2. The van der Waals surface area contributed by atoms with Gasteiger partial charge < -0.3 is 4.74 Å². The first-order valence-corrected chi connectivity index (χ1v) is 8.42. The molecule has 2 aromatic carbocycles. The summed E-state index contributed by atoms with van der Waals surface area (Å²) in [6.45, 7) is 5.91. The zero-order chi connectivity index (χ0) is 18.5. The predicted octanol–water partition coefficient (Wildman–Crippen LogP) is 4.61. The summed E-state index contributed by atoms with van der Waals surface area (Å²) < 4.78 is 5.20. The Hall–Kier alpha value is -3.21. The smallest absolute Gasteiger partial charge is 0.150 e. The fourth-order valence-electron chi connectivity index (χ4n) is 2.54. The molecule has 5 nitrogen and oxygen atoms in total. The van der Waals surface area contributed by atoms with E-state index in [2.05, 4.69) is 51.7 Å². The average molecular weight is 346 g/mol. The summed E-state index contributed by atoms with van der Waals surface area (Å²) in [5.41, 5.74) is 8.08. The Morgan fingerprint density at radius 2 is 1.65 bits per heavy atom. The maximum Gasteiger partial charge on any atom is 0.150 e. The fraction of sp³-hybridized carbons (Fsp3) is 0.190. The van der Waals surface area contributed by atoms with Crippen LogP contribution in [0.15, 0.2) is 59.7 Å². The Labute approximate surface area is 153 Å². The van der Waals surface area contributed by atoms with Crippen molar-refractivity contribution in [3.8, 4) is 17.0 Å². The Morgan fingerprint density at radius 3 is 2.31 bits per heavy atom. The van der Waals surface area contributed by atoms with Gasteiger partial charge in [-0.05, 0) is 50.6 Å². The first kappa shape index (κ1) is 17.6. The van der Waals surface area contributed by atoms with E-state index in [0.29, 0.717) is 11.6 Å². The molecule has 0 spiro atoms. The molecule has 0 aliphatic carbocycles. The molecule has 1 N–H and O–H groups in total. The first-order valence-electron chi connectivity index (χ1n) is 8.42. The van der Waals surface area contributed by atoms with Crippen molar-refractivity contribution in [2.24, 2.45) is 5.10 Å². The van der Waals surface area contributed by atoms with Crippen LogP contribution < -0.4 is 10.2 Å². The minimum atomic E-state index is 0.662. The number of hydrazone groups is 1. The van der Waals surface area contributed by atoms with Crippen LogP contribution >= 0.6 is 0 Å². The number of aryl methyl sites for hydroxylation is 2. The Balaban J connectivity index is 1.83. The number of ether oxygens (including phenoxy) is 1. The maximum atomic E-state index is 5.20. The topological polar surface area (TPSA) is 59.4 Å². The summed E-state index contributed by atoms with van der Waals surface area (Å²) in [7, 11) is 1.65. The van der Waals surface area contributed by atoms with Crippen LogP contribution in [0.4, 0.5) is 5.82 Å². The van der Waals surface area contributed by atoms with Crippen molar-refractivity contribution in [2.45, 2.75) is 20.8 Å². The highest BCUT2D eigenvalue weighted by atomic mass is 16.5. The van der Waals surface area contributed by atoms with Gasteiger partial charge in [-0.15, -0.1) is 0 Å². The van der Waals surface area contributed by atoms with Gasteiger partial charge in [-0.25, -0.2) is 9.97 Å². The van der Waals surface area contributed by atoms with E-state index in [1.807, 2.05) is 44.2 Å². The minimum absolute atomic E-state index is 0.662. The van der Waals surface area contributed by atoms with Gasteiger partial charge in [0, 0.05) is 11.6 Å². The standard InChI is InChI=1S/C21H22N4O/c1-14-5-7-17(8-6-14)15(2)24-25-21-13-20(22-16(3)23-21)18-9-11-19(26-4)12-10-18/h5-13H,1-4H3,(H,22,23,25)/b24-15-. The van der Waals surface area contributed by atoms with Crippen molar-refractivity contribution in [2.75, 3.05) is 12.5 Å². The van der Waals surface area contributed by atoms with Crippen LogP contribution in [0, 0.1) is 13.8 Å². The molecule has 3 rings (SSSR count). The Bertz CT molecular complexity index is 916. The predicted molar refractivity (Wildman–Crippen MR) is 106 cm³/mol. The first-order chi connectivity index (χ1) is 12.5. The minimum Gasteiger partial charge on any atom is -0.497 e.